The van der Waals surface area contributed by atoms with Crippen molar-refractivity contribution < 1.29 is 14.3 Å². The molecule has 0 atom stereocenters. The monoisotopic (exact) mass is 383 g/mol. The molecule has 3 aromatic rings. The molecular formula is C18H17N5O3S. The molecule has 3 amide bonds. The molecular weight excluding hydrogens is 366 g/mol. The lowest BCUT2D eigenvalue weighted by Gasteiger charge is -2.20. The first kappa shape index (κ1) is 17.2. The smallest absolute Gasteiger partial charge is 0.325 e. The molecule has 0 unspecified atom stereocenters. The zero-order valence-corrected chi connectivity index (χ0v) is 15.4. The summed E-state index contributed by atoms with van der Waals surface area (Å²) in [5, 5.41) is 2.82. The topological polar surface area (TPSA) is 87.7 Å². The number of methoxy groups -OCH3 is 1. The van der Waals surface area contributed by atoms with Gasteiger partial charge in [0.05, 0.1) is 30.2 Å². The number of fused-ring (bicyclic) bond motifs is 1. The molecule has 1 aliphatic rings. The van der Waals surface area contributed by atoms with Crippen molar-refractivity contribution in [3.05, 3.63) is 42.5 Å². The highest BCUT2D eigenvalue weighted by Gasteiger charge is 2.32. The highest BCUT2D eigenvalue weighted by atomic mass is 32.1. The van der Waals surface area contributed by atoms with Gasteiger partial charge in [0.2, 0.25) is 5.91 Å². The van der Waals surface area contributed by atoms with Crippen molar-refractivity contribution in [2.45, 2.75) is 0 Å². The van der Waals surface area contributed by atoms with E-state index < -0.39 is 0 Å². The molecule has 4 rings (SSSR count). The number of hydrogen-bond acceptors (Lipinski definition) is 6. The van der Waals surface area contributed by atoms with Crippen molar-refractivity contribution in [2.24, 2.45) is 0 Å². The number of aromatic nitrogens is 2. The van der Waals surface area contributed by atoms with E-state index >= 15 is 0 Å². The molecule has 0 aliphatic carbocycles. The van der Waals surface area contributed by atoms with Crippen molar-refractivity contribution in [3.8, 4) is 5.75 Å². The molecule has 2 heterocycles. The van der Waals surface area contributed by atoms with Crippen LogP contribution in [0.2, 0.25) is 0 Å². The van der Waals surface area contributed by atoms with Crippen molar-refractivity contribution in [1.82, 2.24) is 13.6 Å². The van der Waals surface area contributed by atoms with Crippen molar-refractivity contribution >= 4 is 46.1 Å². The van der Waals surface area contributed by atoms with Crippen LogP contribution in [0.4, 0.5) is 16.2 Å². The maximum Gasteiger partial charge on any atom is 0.325 e. The summed E-state index contributed by atoms with van der Waals surface area (Å²) < 4.78 is 13.7. The van der Waals surface area contributed by atoms with Crippen LogP contribution in [0.1, 0.15) is 0 Å². The van der Waals surface area contributed by atoms with E-state index in [9.17, 15) is 9.59 Å². The van der Waals surface area contributed by atoms with Crippen LogP contribution < -0.4 is 15.0 Å². The molecule has 1 N–H and O–H groups in total. The highest BCUT2D eigenvalue weighted by Crippen LogP contribution is 2.30. The minimum Gasteiger partial charge on any atom is -0.495 e. The number of carbonyl (C=O) groups excluding carboxylic acids is 2. The van der Waals surface area contributed by atoms with Gasteiger partial charge in [0.15, 0.2) is 0 Å². The van der Waals surface area contributed by atoms with Gasteiger partial charge in [-0.25, -0.2) is 4.79 Å². The van der Waals surface area contributed by atoms with E-state index in [1.807, 2.05) is 30.3 Å². The van der Waals surface area contributed by atoms with Crippen molar-refractivity contribution in [2.75, 3.05) is 37.0 Å². The number of nitrogens with zero attached hydrogens (tertiary/aromatic N) is 4. The molecule has 2 aromatic carbocycles. The van der Waals surface area contributed by atoms with Crippen LogP contribution in [-0.4, -0.2) is 52.3 Å². The molecule has 27 heavy (non-hydrogen) atoms. The number of benzene rings is 2. The number of carbonyl (C=O) groups is 2. The lowest BCUT2D eigenvalue weighted by molar-refractivity contribution is -0.116. The number of rotatable bonds is 5. The van der Waals surface area contributed by atoms with E-state index in [2.05, 4.69) is 14.1 Å². The average Bonchev–Trinajstić information content (AvgIpc) is 3.30. The summed E-state index contributed by atoms with van der Waals surface area (Å²) in [4.78, 5) is 28.3. The van der Waals surface area contributed by atoms with Crippen LogP contribution in [0, 0.1) is 0 Å². The third-order valence-electron chi connectivity index (χ3n) is 4.37. The van der Waals surface area contributed by atoms with Gasteiger partial charge in [-0.05, 0) is 24.3 Å². The van der Waals surface area contributed by atoms with Gasteiger partial charge in [-0.2, -0.15) is 8.75 Å². The Morgan fingerprint density at radius 1 is 1.19 bits per heavy atom. The van der Waals surface area contributed by atoms with E-state index in [0.29, 0.717) is 35.7 Å². The van der Waals surface area contributed by atoms with Crippen LogP contribution in [0.25, 0.3) is 11.0 Å². The number of hydrogen-bond donors (Lipinski definition) is 1. The third-order valence-corrected chi connectivity index (χ3v) is 4.91. The normalized spacial score (nSPS) is 14.0. The maximum absolute atomic E-state index is 12.7. The summed E-state index contributed by atoms with van der Waals surface area (Å²) in [6, 6.07) is 12.5. The molecule has 1 saturated heterocycles. The molecule has 0 bridgehead atoms. The van der Waals surface area contributed by atoms with Crippen LogP contribution in [0.15, 0.2) is 42.5 Å². The Hall–Kier alpha value is -3.20. The summed E-state index contributed by atoms with van der Waals surface area (Å²) in [6.45, 7) is 0.934. The van der Waals surface area contributed by atoms with Gasteiger partial charge in [-0.1, -0.05) is 18.2 Å². The Morgan fingerprint density at radius 3 is 2.89 bits per heavy atom. The van der Waals surface area contributed by atoms with Gasteiger partial charge >= 0.3 is 6.03 Å². The quantitative estimate of drug-likeness (QED) is 0.732. The second-order valence-electron chi connectivity index (χ2n) is 6.01. The summed E-state index contributed by atoms with van der Waals surface area (Å²) in [5.41, 5.74) is 2.68. The van der Waals surface area contributed by atoms with Gasteiger partial charge < -0.3 is 15.0 Å². The number of nitrogens with one attached hydrogen (secondary N) is 1. The first-order valence-electron chi connectivity index (χ1n) is 8.38. The fourth-order valence-corrected chi connectivity index (χ4v) is 3.63. The van der Waals surface area contributed by atoms with Gasteiger partial charge in [-0.3, -0.25) is 9.69 Å². The number of urea groups is 1. The average molecular weight is 383 g/mol. The minimum atomic E-state index is -0.272. The molecule has 1 fully saturated rings. The molecule has 138 valence electrons. The fraction of sp³-hybridized carbons (Fsp3) is 0.222. The van der Waals surface area contributed by atoms with E-state index in [1.54, 1.807) is 24.1 Å². The van der Waals surface area contributed by atoms with Gasteiger partial charge in [0.1, 0.15) is 23.3 Å². The van der Waals surface area contributed by atoms with Gasteiger partial charge in [-0.15, -0.1) is 0 Å². The molecule has 0 saturated carbocycles. The van der Waals surface area contributed by atoms with Gasteiger partial charge in [0, 0.05) is 13.1 Å². The predicted molar refractivity (Wildman–Crippen MR) is 103 cm³/mol. The summed E-state index contributed by atoms with van der Waals surface area (Å²) in [5.74, 6) is 0.352. The summed E-state index contributed by atoms with van der Waals surface area (Å²) in [6.07, 6.45) is 0. The Morgan fingerprint density at radius 2 is 2.04 bits per heavy atom. The first-order valence-corrected chi connectivity index (χ1v) is 9.11. The largest absolute Gasteiger partial charge is 0.495 e. The zero-order chi connectivity index (χ0) is 18.8. The van der Waals surface area contributed by atoms with E-state index in [-0.39, 0.29) is 18.5 Å². The number of para-hydroxylation sites is 2. The van der Waals surface area contributed by atoms with E-state index in [4.69, 9.17) is 4.74 Å². The minimum absolute atomic E-state index is 0.0293. The van der Waals surface area contributed by atoms with Crippen LogP contribution >= 0.6 is 11.7 Å². The summed E-state index contributed by atoms with van der Waals surface area (Å²) in [7, 11) is 1.57. The standard InChI is InChI=1S/C18H17N5O3S/c1-26-15-8-3-2-7-14(15)23-10-9-22(18(23)25)11-16(24)19-12-5-4-6-13-17(12)21-27-20-13/h2-8H,9-11H2,1H3,(H,19,24). The predicted octanol–water partition coefficient (Wildman–Crippen LogP) is 2.58. The fourth-order valence-electron chi connectivity index (χ4n) is 3.08. The number of amides is 3. The molecule has 0 radical (unpaired) electrons. The SMILES string of the molecule is COc1ccccc1N1CCN(CC(=O)Nc2cccc3nsnc23)C1=O. The molecule has 8 nitrogen and oxygen atoms in total. The third kappa shape index (κ3) is 3.28. The second kappa shape index (κ2) is 7.20. The molecule has 1 aliphatic heterocycles. The summed E-state index contributed by atoms with van der Waals surface area (Å²) >= 11 is 1.09. The zero-order valence-electron chi connectivity index (χ0n) is 14.6. The van der Waals surface area contributed by atoms with E-state index in [0.717, 1.165) is 17.2 Å². The first-order chi connectivity index (χ1) is 13.2. The Labute approximate surface area is 159 Å². The number of ether oxygens (including phenoxy) is 1. The lowest BCUT2D eigenvalue weighted by atomic mass is 10.2. The van der Waals surface area contributed by atoms with Crippen LogP contribution in [0.5, 0.6) is 5.75 Å². The van der Waals surface area contributed by atoms with E-state index in [1.165, 1.54) is 4.90 Å². The Kier molecular flexibility index (Phi) is 4.59. The lowest BCUT2D eigenvalue weighted by Crippen LogP contribution is -2.37. The molecule has 0 spiro atoms. The van der Waals surface area contributed by atoms with Crippen molar-refractivity contribution in [3.63, 3.8) is 0 Å². The van der Waals surface area contributed by atoms with Crippen LogP contribution in [0.3, 0.4) is 0 Å². The maximum atomic E-state index is 12.7. The second-order valence-corrected chi connectivity index (χ2v) is 6.54. The van der Waals surface area contributed by atoms with Crippen LogP contribution in [-0.2, 0) is 4.79 Å². The molecule has 9 heteroatoms. The Balaban J connectivity index is 1.45. The van der Waals surface area contributed by atoms with Gasteiger partial charge in [0.25, 0.3) is 0 Å². The number of anilines is 2. The van der Waals surface area contributed by atoms with Crippen molar-refractivity contribution in [1.29, 1.82) is 0 Å². The molecule has 1 aromatic heterocycles. The Bertz CT molecular complexity index is 1010. The highest BCUT2D eigenvalue weighted by molar-refractivity contribution is 7.00.